The highest BCUT2D eigenvalue weighted by Crippen LogP contribution is 2.40. The molecule has 2 aliphatic rings. The zero-order valence-corrected chi connectivity index (χ0v) is 22.5. The fourth-order valence-electron chi connectivity index (χ4n) is 5.71. The van der Waals surface area contributed by atoms with E-state index in [1.54, 1.807) is 0 Å². The first-order valence-corrected chi connectivity index (χ1v) is 13.8. The second-order valence-corrected chi connectivity index (χ2v) is 10.8. The highest BCUT2D eigenvalue weighted by Gasteiger charge is 2.42. The molecule has 1 saturated carbocycles. The fraction of sp³-hybridized carbons (Fsp3) is 0.387. The van der Waals surface area contributed by atoms with Crippen molar-refractivity contribution in [1.82, 2.24) is 15.1 Å². The number of hydrogen-bond donors (Lipinski definition) is 3. The summed E-state index contributed by atoms with van der Waals surface area (Å²) in [5, 5.41) is 5.54. The summed E-state index contributed by atoms with van der Waals surface area (Å²) in [6.45, 7) is 3.51. The standard InChI is InChI=1S/C31H38N6O2/c1-21-19-37(31(39)35-28-18-27(28)24-9-3-2-4-10-24)26(12-7-15-34-30(32)33)20-36(21)29(38)17-22-13-14-23-8-5-6-11-25(23)16-22/h2-6,8-11,13-14,16,21,26-28H,7,12,15,17-20H2,1H3,(H,35,39)(H4,32,33,34)/t21-,26+,27+,28+/m1/s1. The summed E-state index contributed by atoms with van der Waals surface area (Å²) in [7, 11) is 0. The van der Waals surface area contributed by atoms with Crippen LogP contribution in [0.3, 0.4) is 0 Å². The van der Waals surface area contributed by atoms with E-state index in [2.05, 4.69) is 46.7 Å². The minimum Gasteiger partial charge on any atom is -0.370 e. The molecule has 39 heavy (non-hydrogen) atoms. The first-order valence-electron chi connectivity index (χ1n) is 13.8. The van der Waals surface area contributed by atoms with Crippen LogP contribution in [0.1, 0.15) is 43.2 Å². The molecule has 1 saturated heterocycles. The number of fused-ring (bicyclic) bond motifs is 1. The van der Waals surface area contributed by atoms with Gasteiger partial charge in [0.1, 0.15) is 0 Å². The second kappa shape index (κ2) is 11.8. The van der Waals surface area contributed by atoms with Crippen LogP contribution in [0.25, 0.3) is 10.8 Å². The Hall–Kier alpha value is -4.07. The molecule has 1 aliphatic carbocycles. The number of urea groups is 1. The van der Waals surface area contributed by atoms with Crippen molar-refractivity contribution in [2.75, 3.05) is 19.6 Å². The Labute approximate surface area is 230 Å². The van der Waals surface area contributed by atoms with Gasteiger partial charge in [0.15, 0.2) is 5.96 Å². The summed E-state index contributed by atoms with van der Waals surface area (Å²) in [6, 6.07) is 24.6. The second-order valence-electron chi connectivity index (χ2n) is 10.8. The molecule has 0 spiro atoms. The Kier molecular flexibility index (Phi) is 8.00. The van der Waals surface area contributed by atoms with Crippen LogP contribution in [0.4, 0.5) is 4.79 Å². The number of piperazine rings is 1. The van der Waals surface area contributed by atoms with Gasteiger partial charge in [-0.3, -0.25) is 9.79 Å². The zero-order chi connectivity index (χ0) is 27.4. The predicted molar refractivity (Wildman–Crippen MR) is 155 cm³/mol. The van der Waals surface area contributed by atoms with Crippen molar-refractivity contribution in [3.05, 3.63) is 83.9 Å². The topological polar surface area (TPSA) is 117 Å². The maximum absolute atomic E-state index is 13.5. The molecular formula is C31H38N6O2. The van der Waals surface area contributed by atoms with Gasteiger partial charge >= 0.3 is 6.03 Å². The van der Waals surface area contributed by atoms with Crippen molar-refractivity contribution >= 4 is 28.7 Å². The number of rotatable bonds is 8. The van der Waals surface area contributed by atoms with Crippen molar-refractivity contribution in [2.24, 2.45) is 16.5 Å². The van der Waals surface area contributed by atoms with Crippen LogP contribution in [-0.4, -0.2) is 65.5 Å². The lowest BCUT2D eigenvalue weighted by atomic mass is 10.0. The largest absolute Gasteiger partial charge is 0.370 e. The normalized spacial score (nSPS) is 22.4. The van der Waals surface area contributed by atoms with E-state index in [-0.39, 0.29) is 36.0 Å². The summed E-state index contributed by atoms with van der Waals surface area (Å²) >= 11 is 0. The van der Waals surface area contributed by atoms with Gasteiger partial charge in [-0.25, -0.2) is 4.79 Å². The molecule has 4 atom stereocenters. The van der Waals surface area contributed by atoms with E-state index in [9.17, 15) is 9.59 Å². The molecule has 1 aliphatic heterocycles. The van der Waals surface area contributed by atoms with Gasteiger partial charge in [0.05, 0.1) is 12.5 Å². The Morgan fingerprint density at radius 1 is 0.949 bits per heavy atom. The van der Waals surface area contributed by atoms with Gasteiger partial charge in [-0.2, -0.15) is 0 Å². The molecule has 8 heteroatoms. The molecule has 0 aromatic heterocycles. The molecule has 0 bridgehead atoms. The lowest BCUT2D eigenvalue weighted by Gasteiger charge is -2.45. The third-order valence-electron chi connectivity index (χ3n) is 7.91. The van der Waals surface area contributed by atoms with Crippen molar-refractivity contribution in [2.45, 2.75) is 56.7 Å². The number of carbonyl (C=O) groups is 2. The number of guanidine groups is 1. The third kappa shape index (κ3) is 6.50. The molecule has 3 aromatic rings. The van der Waals surface area contributed by atoms with E-state index >= 15 is 0 Å². The number of nitrogens with one attached hydrogen (secondary N) is 1. The molecule has 3 amide bonds. The maximum Gasteiger partial charge on any atom is 0.318 e. The van der Waals surface area contributed by atoms with Crippen LogP contribution in [0.15, 0.2) is 77.8 Å². The smallest absolute Gasteiger partial charge is 0.318 e. The predicted octanol–water partition coefficient (Wildman–Crippen LogP) is 3.60. The monoisotopic (exact) mass is 526 g/mol. The summed E-state index contributed by atoms with van der Waals surface area (Å²) < 4.78 is 0. The highest BCUT2D eigenvalue weighted by atomic mass is 16.2. The van der Waals surface area contributed by atoms with E-state index in [1.165, 1.54) is 5.56 Å². The number of carbonyl (C=O) groups excluding carboxylic acids is 2. The zero-order valence-electron chi connectivity index (χ0n) is 22.5. The summed E-state index contributed by atoms with van der Waals surface area (Å²) in [4.78, 5) is 34.9. The van der Waals surface area contributed by atoms with E-state index in [1.807, 2.05) is 53.1 Å². The number of benzene rings is 3. The van der Waals surface area contributed by atoms with Crippen LogP contribution >= 0.6 is 0 Å². The van der Waals surface area contributed by atoms with Gasteiger partial charge in [0.2, 0.25) is 5.91 Å². The number of hydrogen-bond acceptors (Lipinski definition) is 3. The Morgan fingerprint density at radius 2 is 1.69 bits per heavy atom. The Bertz CT molecular complexity index is 1340. The van der Waals surface area contributed by atoms with Crippen LogP contribution < -0.4 is 16.8 Å². The van der Waals surface area contributed by atoms with Crippen molar-refractivity contribution in [3.63, 3.8) is 0 Å². The molecule has 5 rings (SSSR count). The molecule has 204 valence electrons. The molecule has 3 aromatic carbocycles. The molecular weight excluding hydrogens is 488 g/mol. The molecule has 1 heterocycles. The quantitative estimate of drug-likeness (QED) is 0.236. The van der Waals surface area contributed by atoms with E-state index in [4.69, 9.17) is 11.5 Å². The number of amides is 3. The van der Waals surface area contributed by atoms with Gasteiger partial charge in [0.25, 0.3) is 0 Å². The first-order chi connectivity index (χ1) is 18.9. The molecule has 0 unspecified atom stereocenters. The number of nitrogens with two attached hydrogens (primary N) is 2. The van der Waals surface area contributed by atoms with Gasteiger partial charge < -0.3 is 26.6 Å². The molecule has 2 fully saturated rings. The Morgan fingerprint density at radius 3 is 2.46 bits per heavy atom. The van der Waals surface area contributed by atoms with Gasteiger partial charge in [-0.15, -0.1) is 0 Å². The Balaban J connectivity index is 1.25. The summed E-state index contributed by atoms with van der Waals surface area (Å²) in [5.74, 6) is 0.505. The van der Waals surface area contributed by atoms with Gasteiger partial charge in [0, 0.05) is 37.6 Å². The summed E-state index contributed by atoms with van der Waals surface area (Å²) in [6.07, 6.45) is 2.72. The average Bonchev–Trinajstić information content (AvgIpc) is 3.70. The summed E-state index contributed by atoms with van der Waals surface area (Å²) in [5.41, 5.74) is 13.3. The third-order valence-corrected chi connectivity index (χ3v) is 7.91. The minimum atomic E-state index is -0.107. The van der Waals surface area contributed by atoms with Crippen molar-refractivity contribution < 1.29 is 9.59 Å². The van der Waals surface area contributed by atoms with Crippen molar-refractivity contribution in [3.8, 4) is 0 Å². The highest BCUT2D eigenvalue weighted by molar-refractivity contribution is 5.86. The van der Waals surface area contributed by atoms with Gasteiger partial charge in [-0.1, -0.05) is 72.8 Å². The van der Waals surface area contributed by atoms with Crippen molar-refractivity contribution in [1.29, 1.82) is 0 Å². The lowest BCUT2D eigenvalue weighted by molar-refractivity contribution is -0.136. The van der Waals surface area contributed by atoms with Crippen LogP contribution in [0.5, 0.6) is 0 Å². The van der Waals surface area contributed by atoms with Crippen LogP contribution in [-0.2, 0) is 11.2 Å². The fourth-order valence-corrected chi connectivity index (χ4v) is 5.71. The van der Waals surface area contributed by atoms with Gasteiger partial charge in [-0.05, 0) is 48.1 Å². The van der Waals surface area contributed by atoms with E-state index in [0.29, 0.717) is 38.4 Å². The number of aliphatic imine (C=N–C) groups is 1. The SMILES string of the molecule is C[C@@H]1CN(C(=O)N[C@H]2C[C@H]2c2ccccc2)[C@@H](CCCN=C(N)N)CN1C(=O)Cc1ccc2ccccc2c1. The lowest BCUT2D eigenvalue weighted by Crippen LogP contribution is -2.62. The molecule has 5 N–H and O–H groups in total. The van der Waals surface area contributed by atoms with E-state index in [0.717, 1.165) is 29.2 Å². The maximum atomic E-state index is 13.5. The number of nitrogens with zero attached hydrogens (tertiary/aromatic N) is 3. The first kappa shape index (κ1) is 26.5. The van der Waals surface area contributed by atoms with Crippen LogP contribution in [0, 0.1) is 0 Å². The molecule has 0 radical (unpaired) electrons. The average molecular weight is 527 g/mol. The minimum absolute atomic E-state index is 0.0567. The van der Waals surface area contributed by atoms with E-state index < -0.39 is 0 Å². The van der Waals surface area contributed by atoms with Crippen LogP contribution in [0.2, 0.25) is 0 Å². The molecule has 8 nitrogen and oxygen atoms in total.